The van der Waals surface area contributed by atoms with Crippen molar-refractivity contribution in [3.63, 3.8) is 0 Å². The molecule has 0 aliphatic carbocycles. The van der Waals surface area contributed by atoms with Crippen LogP contribution in [0.15, 0.2) is 58.1 Å². The van der Waals surface area contributed by atoms with E-state index >= 15 is 0 Å². The highest BCUT2D eigenvalue weighted by atomic mass is 16.6. The number of carbonyl (C=O) groups excluding carboxylic acids is 1. The number of benzene rings is 2. The Balaban J connectivity index is 1.32. The second kappa shape index (κ2) is 7.49. The molecule has 3 aromatic rings. The van der Waals surface area contributed by atoms with E-state index in [9.17, 15) is 4.79 Å². The predicted molar refractivity (Wildman–Crippen MR) is 99.5 cm³/mol. The van der Waals surface area contributed by atoms with Gasteiger partial charge in [0.1, 0.15) is 23.1 Å². The van der Waals surface area contributed by atoms with Crippen LogP contribution < -0.4 is 10.1 Å². The molecule has 2 aromatic carbocycles. The van der Waals surface area contributed by atoms with Crippen LogP contribution in [-0.2, 0) is 22.6 Å². The molecule has 1 aliphatic rings. The van der Waals surface area contributed by atoms with Gasteiger partial charge in [-0.3, -0.25) is 4.79 Å². The molecule has 0 fully saturated rings. The molecule has 2 heterocycles. The molecule has 0 spiro atoms. The van der Waals surface area contributed by atoms with Crippen molar-refractivity contribution in [1.29, 1.82) is 0 Å². The van der Waals surface area contributed by atoms with E-state index in [1.807, 2.05) is 48.5 Å². The number of para-hydroxylation sites is 3. The van der Waals surface area contributed by atoms with Gasteiger partial charge >= 0.3 is 0 Å². The first-order chi connectivity index (χ1) is 13.2. The number of ether oxygens (including phenoxy) is 1. The number of hydrogen-bond donors (Lipinski definition) is 1. The summed E-state index contributed by atoms with van der Waals surface area (Å²) in [5.41, 5.74) is 2.81. The third-order valence-electron chi connectivity index (χ3n) is 4.37. The van der Waals surface area contributed by atoms with Gasteiger partial charge in [0.15, 0.2) is 11.5 Å². The summed E-state index contributed by atoms with van der Waals surface area (Å²) in [7, 11) is 1.60. The van der Waals surface area contributed by atoms with Gasteiger partial charge in [0.05, 0.1) is 13.5 Å². The van der Waals surface area contributed by atoms with Crippen LogP contribution >= 0.6 is 0 Å². The summed E-state index contributed by atoms with van der Waals surface area (Å²) in [5.74, 6) is 1.06. The zero-order valence-electron chi connectivity index (χ0n) is 14.8. The van der Waals surface area contributed by atoms with E-state index in [0.29, 0.717) is 31.0 Å². The van der Waals surface area contributed by atoms with Crippen LogP contribution in [-0.4, -0.2) is 29.8 Å². The van der Waals surface area contributed by atoms with E-state index in [1.165, 1.54) is 0 Å². The summed E-state index contributed by atoms with van der Waals surface area (Å²) >= 11 is 0. The van der Waals surface area contributed by atoms with E-state index < -0.39 is 0 Å². The number of amides is 1. The molecule has 1 aromatic heterocycles. The first-order valence-electron chi connectivity index (χ1n) is 8.70. The van der Waals surface area contributed by atoms with E-state index in [1.54, 1.807) is 7.11 Å². The van der Waals surface area contributed by atoms with Gasteiger partial charge in [-0.05, 0) is 18.2 Å². The maximum absolute atomic E-state index is 12.4. The fourth-order valence-electron chi connectivity index (χ4n) is 3.00. The Morgan fingerprint density at radius 3 is 2.89 bits per heavy atom. The number of aromatic nitrogens is 1. The average molecular weight is 365 g/mol. The van der Waals surface area contributed by atoms with Crippen molar-refractivity contribution < 1.29 is 18.8 Å². The normalized spacial score (nSPS) is 16.0. The third kappa shape index (κ3) is 3.76. The lowest BCUT2D eigenvalue weighted by atomic mass is 10.1. The smallest absolute Gasteiger partial charge is 0.269 e. The number of oxazole rings is 1. The van der Waals surface area contributed by atoms with Gasteiger partial charge in [-0.1, -0.05) is 35.5 Å². The zero-order chi connectivity index (χ0) is 18.6. The Morgan fingerprint density at radius 2 is 2.04 bits per heavy atom. The highest BCUT2D eigenvalue weighted by molar-refractivity contribution is 6.39. The quantitative estimate of drug-likeness (QED) is 0.726. The number of carbonyl (C=O) groups is 1. The molecule has 0 saturated carbocycles. The predicted octanol–water partition coefficient (Wildman–Crippen LogP) is 2.84. The molecule has 138 valence electrons. The molecule has 1 amide bonds. The van der Waals surface area contributed by atoms with Gasteiger partial charge in [-0.2, -0.15) is 0 Å². The standard InChI is InChI=1S/C20H19N3O4/c1-25-17-8-4-2-6-13(17)12-21-20(24)16-10-14(27-23-16)11-19-22-15-7-3-5-9-18(15)26-19/h2-9,14H,10-12H2,1H3,(H,21,24)/t14-/m1/s1. The van der Waals surface area contributed by atoms with Crippen molar-refractivity contribution in [2.75, 3.05) is 7.11 Å². The monoisotopic (exact) mass is 365 g/mol. The molecule has 1 N–H and O–H groups in total. The maximum atomic E-state index is 12.4. The number of methoxy groups -OCH3 is 1. The second-order valence-corrected chi connectivity index (χ2v) is 6.24. The maximum Gasteiger partial charge on any atom is 0.269 e. The lowest BCUT2D eigenvalue weighted by Gasteiger charge is -2.09. The van der Waals surface area contributed by atoms with Gasteiger partial charge < -0.3 is 19.3 Å². The van der Waals surface area contributed by atoms with Crippen LogP contribution in [0.2, 0.25) is 0 Å². The highest BCUT2D eigenvalue weighted by Crippen LogP contribution is 2.20. The first-order valence-corrected chi connectivity index (χ1v) is 8.70. The molecule has 4 rings (SSSR count). The van der Waals surface area contributed by atoms with Crippen molar-refractivity contribution in [2.45, 2.75) is 25.5 Å². The van der Waals surface area contributed by atoms with E-state index in [4.69, 9.17) is 14.0 Å². The van der Waals surface area contributed by atoms with Gasteiger partial charge in [0, 0.05) is 18.5 Å². The van der Waals surface area contributed by atoms with E-state index in [-0.39, 0.29) is 12.0 Å². The molecule has 0 bridgehead atoms. The van der Waals surface area contributed by atoms with Crippen LogP contribution in [0.1, 0.15) is 17.9 Å². The van der Waals surface area contributed by atoms with Crippen LogP contribution in [0.4, 0.5) is 0 Å². The summed E-state index contributed by atoms with van der Waals surface area (Å²) in [4.78, 5) is 22.2. The molecule has 1 atom stereocenters. The first kappa shape index (κ1) is 17.1. The molecule has 0 unspecified atom stereocenters. The minimum absolute atomic E-state index is 0.249. The van der Waals surface area contributed by atoms with Gasteiger partial charge in [-0.15, -0.1) is 0 Å². The summed E-state index contributed by atoms with van der Waals surface area (Å²) < 4.78 is 11.0. The number of fused-ring (bicyclic) bond motifs is 1. The van der Waals surface area contributed by atoms with Crippen molar-refractivity contribution >= 4 is 22.7 Å². The van der Waals surface area contributed by atoms with Crippen LogP contribution in [0, 0.1) is 0 Å². The van der Waals surface area contributed by atoms with Gasteiger partial charge in [-0.25, -0.2) is 4.98 Å². The number of nitrogens with zero attached hydrogens (tertiary/aromatic N) is 2. The average Bonchev–Trinajstić information content (AvgIpc) is 3.33. The summed E-state index contributed by atoms with van der Waals surface area (Å²) in [5, 5.41) is 6.78. The summed E-state index contributed by atoms with van der Waals surface area (Å²) in [6, 6.07) is 15.1. The van der Waals surface area contributed by atoms with E-state index in [2.05, 4.69) is 15.5 Å². The summed E-state index contributed by atoms with van der Waals surface area (Å²) in [6.45, 7) is 0.359. The molecule has 1 aliphatic heterocycles. The molecule has 27 heavy (non-hydrogen) atoms. The molecule has 7 nitrogen and oxygen atoms in total. The molecule has 7 heteroatoms. The van der Waals surface area contributed by atoms with Crippen molar-refractivity contribution in [3.8, 4) is 5.75 Å². The Morgan fingerprint density at radius 1 is 1.22 bits per heavy atom. The number of nitrogens with one attached hydrogen (secondary N) is 1. The van der Waals surface area contributed by atoms with Crippen molar-refractivity contribution in [2.24, 2.45) is 5.16 Å². The number of rotatable bonds is 6. The largest absolute Gasteiger partial charge is 0.496 e. The van der Waals surface area contributed by atoms with Crippen LogP contribution in [0.5, 0.6) is 5.75 Å². The minimum Gasteiger partial charge on any atom is -0.496 e. The lowest BCUT2D eigenvalue weighted by molar-refractivity contribution is -0.115. The Labute approximate surface area is 156 Å². The second-order valence-electron chi connectivity index (χ2n) is 6.24. The van der Waals surface area contributed by atoms with Gasteiger partial charge in [0.2, 0.25) is 0 Å². The minimum atomic E-state index is -0.259. The molecular formula is C20H19N3O4. The topological polar surface area (TPSA) is 86.0 Å². The number of hydrogen-bond acceptors (Lipinski definition) is 6. The molecule has 0 saturated heterocycles. The SMILES string of the molecule is COc1ccccc1CNC(=O)C1=NO[C@@H](Cc2nc3ccccc3o2)C1. The molecule has 0 radical (unpaired) electrons. The van der Waals surface area contributed by atoms with Crippen LogP contribution in [0.3, 0.4) is 0 Å². The van der Waals surface area contributed by atoms with E-state index in [0.717, 1.165) is 22.4 Å². The highest BCUT2D eigenvalue weighted by Gasteiger charge is 2.27. The van der Waals surface area contributed by atoms with Crippen molar-refractivity contribution in [3.05, 3.63) is 60.0 Å². The Hall–Kier alpha value is -3.35. The van der Waals surface area contributed by atoms with Gasteiger partial charge in [0.25, 0.3) is 5.91 Å². The fourth-order valence-corrected chi connectivity index (χ4v) is 3.00. The zero-order valence-corrected chi connectivity index (χ0v) is 14.8. The van der Waals surface area contributed by atoms with Crippen LogP contribution in [0.25, 0.3) is 11.1 Å². The summed E-state index contributed by atoms with van der Waals surface area (Å²) in [6.07, 6.45) is 0.614. The fraction of sp³-hybridized carbons (Fsp3) is 0.250. The molecular weight excluding hydrogens is 346 g/mol. The lowest BCUT2D eigenvalue weighted by Crippen LogP contribution is -2.30. The number of oxime groups is 1. The Bertz CT molecular complexity index is 963. The van der Waals surface area contributed by atoms with Crippen molar-refractivity contribution in [1.82, 2.24) is 10.3 Å². The Kier molecular flexibility index (Phi) is 4.74. The third-order valence-corrected chi connectivity index (χ3v) is 4.37.